The second-order valence-electron chi connectivity index (χ2n) is 5.92. The van der Waals surface area contributed by atoms with Crippen molar-refractivity contribution in [2.75, 3.05) is 5.32 Å². The van der Waals surface area contributed by atoms with Crippen molar-refractivity contribution in [3.63, 3.8) is 0 Å². The van der Waals surface area contributed by atoms with E-state index in [1.165, 1.54) is 5.56 Å². The van der Waals surface area contributed by atoms with E-state index in [2.05, 4.69) is 69.0 Å². The fourth-order valence-corrected chi connectivity index (χ4v) is 3.54. The van der Waals surface area contributed by atoms with Gasteiger partial charge in [-0.25, -0.2) is 9.97 Å². The summed E-state index contributed by atoms with van der Waals surface area (Å²) in [5.74, 6) is 0.802. The van der Waals surface area contributed by atoms with Gasteiger partial charge in [0.15, 0.2) is 4.77 Å². The fourth-order valence-electron chi connectivity index (χ4n) is 3.20. The van der Waals surface area contributed by atoms with Gasteiger partial charge in [-0.3, -0.25) is 0 Å². The number of benzene rings is 2. The molecular weight excluding hydrogens is 330 g/mol. The number of imidazole rings is 1. The predicted molar refractivity (Wildman–Crippen MR) is 105 cm³/mol. The van der Waals surface area contributed by atoms with Crippen LogP contribution in [-0.2, 0) is 13.0 Å². The molecule has 25 heavy (non-hydrogen) atoms. The minimum atomic E-state index is 0.728. The Balaban J connectivity index is 1.90. The second-order valence-corrected chi connectivity index (χ2v) is 6.31. The highest BCUT2D eigenvalue weighted by molar-refractivity contribution is 7.71. The lowest BCUT2D eigenvalue weighted by Crippen LogP contribution is -1.99. The highest BCUT2D eigenvalue weighted by Crippen LogP contribution is 2.28. The van der Waals surface area contributed by atoms with Crippen molar-refractivity contribution in [3.05, 3.63) is 53.1 Å². The molecule has 0 spiro atoms. The summed E-state index contributed by atoms with van der Waals surface area (Å²) >= 11 is 5.42. The van der Waals surface area contributed by atoms with Gasteiger partial charge in [-0.1, -0.05) is 25.1 Å². The van der Waals surface area contributed by atoms with Gasteiger partial charge in [0.2, 0.25) is 0 Å². The Morgan fingerprint density at radius 3 is 2.80 bits per heavy atom. The molecule has 0 fully saturated rings. The minimum Gasteiger partial charge on any atom is -0.339 e. The van der Waals surface area contributed by atoms with Crippen molar-refractivity contribution in [1.29, 1.82) is 0 Å². The number of hydrogen-bond donors (Lipinski definition) is 2. The molecular formula is C19H19N5S. The Labute approximate surface area is 150 Å². The number of hydrogen-bond acceptors (Lipinski definition) is 4. The molecule has 2 N–H and O–H groups in total. The number of anilines is 2. The largest absolute Gasteiger partial charge is 0.339 e. The van der Waals surface area contributed by atoms with Crippen molar-refractivity contribution >= 4 is 45.7 Å². The van der Waals surface area contributed by atoms with Crippen LogP contribution in [0.25, 0.3) is 21.9 Å². The lowest BCUT2D eigenvalue weighted by atomic mass is 10.1. The highest BCUT2D eigenvalue weighted by atomic mass is 32.1. The third-order valence-corrected chi connectivity index (χ3v) is 4.82. The van der Waals surface area contributed by atoms with E-state index in [0.29, 0.717) is 0 Å². The molecule has 2 aromatic heterocycles. The van der Waals surface area contributed by atoms with Crippen LogP contribution in [0.1, 0.15) is 19.4 Å². The van der Waals surface area contributed by atoms with Gasteiger partial charge in [-0.2, -0.15) is 0 Å². The molecule has 0 aliphatic carbocycles. The van der Waals surface area contributed by atoms with Crippen molar-refractivity contribution < 1.29 is 0 Å². The number of aryl methyl sites for hydroxylation is 2. The number of aromatic amines is 1. The van der Waals surface area contributed by atoms with Crippen molar-refractivity contribution in [3.8, 4) is 0 Å². The van der Waals surface area contributed by atoms with Gasteiger partial charge in [-0.05, 0) is 49.3 Å². The number of nitrogens with one attached hydrogen (secondary N) is 2. The molecule has 5 nitrogen and oxygen atoms in total. The van der Waals surface area contributed by atoms with Crippen LogP contribution in [0.15, 0.2) is 42.7 Å². The van der Waals surface area contributed by atoms with E-state index in [9.17, 15) is 0 Å². The summed E-state index contributed by atoms with van der Waals surface area (Å²) in [6.07, 6.45) is 2.56. The Morgan fingerprint density at radius 2 is 2.00 bits per heavy atom. The van der Waals surface area contributed by atoms with Crippen LogP contribution in [0.5, 0.6) is 0 Å². The van der Waals surface area contributed by atoms with E-state index in [1.54, 1.807) is 6.33 Å². The van der Waals surface area contributed by atoms with Crippen LogP contribution >= 0.6 is 12.2 Å². The van der Waals surface area contributed by atoms with Gasteiger partial charge >= 0.3 is 0 Å². The molecule has 126 valence electrons. The molecule has 0 atom stereocenters. The molecule has 4 rings (SSSR count). The summed E-state index contributed by atoms with van der Waals surface area (Å²) in [4.78, 5) is 12.2. The van der Waals surface area contributed by atoms with E-state index in [1.807, 2.05) is 6.07 Å². The molecule has 6 heteroatoms. The third kappa shape index (κ3) is 2.68. The Bertz CT molecular complexity index is 1130. The summed E-state index contributed by atoms with van der Waals surface area (Å²) in [7, 11) is 0. The first-order valence-corrected chi connectivity index (χ1v) is 8.84. The first kappa shape index (κ1) is 15.8. The number of nitrogens with zero attached hydrogens (tertiary/aromatic N) is 3. The first-order valence-electron chi connectivity index (χ1n) is 8.43. The molecule has 0 aliphatic heterocycles. The molecule has 0 aliphatic rings. The van der Waals surface area contributed by atoms with E-state index < -0.39 is 0 Å². The molecule has 0 saturated heterocycles. The number of para-hydroxylation sites is 1. The van der Waals surface area contributed by atoms with Gasteiger partial charge in [0.1, 0.15) is 12.1 Å². The smallest absolute Gasteiger partial charge is 0.178 e. The van der Waals surface area contributed by atoms with Crippen LogP contribution in [0.2, 0.25) is 0 Å². The van der Waals surface area contributed by atoms with Crippen molar-refractivity contribution in [2.24, 2.45) is 0 Å². The van der Waals surface area contributed by atoms with Crippen LogP contribution in [-0.4, -0.2) is 19.5 Å². The summed E-state index contributed by atoms with van der Waals surface area (Å²) < 4.78 is 2.80. The summed E-state index contributed by atoms with van der Waals surface area (Å²) in [6, 6.07) is 12.4. The highest BCUT2D eigenvalue weighted by Gasteiger charge is 2.10. The maximum Gasteiger partial charge on any atom is 0.178 e. The van der Waals surface area contributed by atoms with Gasteiger partial charge < -0.3 is 14.9 Å². The van der Waals surface area contributed by atoms with Gasteiger partial charge in [0.25, 0.3) is 0 Å². The van der Waals surface area contributed by atoms with E-state index in [0.717, 1.165) is 51.2 Å². The number of aromatic nitrogens is 4. The third-order valence-electron chi connectivity index (χ3n) is 4.50. The maximum atomic E-state index is 5.42. The summed E-state index contributed by atoms with van der Waals surface area (Å²) in [5.41, 5.74) is 5.30. The van der Waals surface area contributed by atoms with Crippen LogP contribution in [0, 0.1) is 4.77 Å². The lowest BCUT2D eigenvalue weighted by molar-refractivity contribution is 0.774. The molecule has 2 heterocycles. The zero-order valence-corrected chi connectivity index (χ0v) is 15.0. The average molecular weight is 349 g/mol. The Kier molecular flexibility index (Phi) is 3.97. The van der Waals surface area contributed by atoms with E-state index in [4.69, 9.17) is 12.2 Å². The molecule has 0 bridgehead atoms. The van der Waals surface area contributed by atoms with E-state index in [-0.39, 0.29) is 0 Å². The minimum absolute atomic E-state index is 0.728. The average Bonchev–Trinajstić information content (AvgIpc) is 2.94. The zero-order chi connectivity index (χ0) is 17.4. The van der Waals surface area contributed by atoms with Crippen molar-refractivity contribution in [2.45, 2.75) is 26.8 Å². The summed E-state index contributed by atoms with van der Waals surface area (Å²) in [6.45, 7) is 5.06. The molecule has 0 saturated carbocycles. The molecule has 4 aromatic rings. The van der Waals surface area contributed by atoms with Crippen molar-refractivity contribution in [1.82, 2.24) is 19.5 Å². The number of rotatable bonds is 4. The Hall–Kier alpha value is -2.73. The molecule has 0 unspecified atom stereocenters. The lowest BCUT2D eigenvalue weighted by Gasteiger charge is -2.12. The topological polar surface area (TPSA) is 58.5 Å². The fraction of sp³-hybridized carbons (Fsp3) is 0.211. The van der Waals surface area contributed by atoms with Gasteiger partial charge in [0, 0.05) is 17.6 Å². The first-order chi connectivity index (χ1) is 12.2. The van der Waals surface area contributed by atoms with Crippen LogP contribution in [0.4, 0.5) is 11.5 Å². The quantitative estimate of drug-likeness (QED) is 0.511. The monoisotopic (exact) mass is 349 g/mol. The number of H-pyrrole nitrogens is 1. The van der Waals surface area contributed by atoms with Crippen LogP contribution in [0.3, 0.4) is 0 Å². The standard InChI is InChI=1S/C19H19N5S/c1-3-12-7-5-6-8-14(12)22-18-13-9-16-17(10-15(13)20-11-21-18)24(4-2)19(25)23-16/h5-11H,3-4H2,1-2H3,(H,23,25)(H,20,21,22). The summed E-state index contributed by atoms with van der Waals surface area (Å²) in [5, 5.41) is 4.44. The normalized spacial score (nSPS) is 11.3. The van der Waals surface area contributed by atoms with Crippen LogP contribution < -0.4 is 5.32 Å². The zero-order valence-electron chi connectivity index (χ0n) is 14.2. The van der Waals surface area contributed by atoms with Gasteiger partial charge in [-0.15, -0.1) is 0 Å². The molecule has 0 amide bonds. The SMILES string of the molecule is CCc1ccccc1Nc1ncnc2cc3c(cc12)[nH]c(=S)n3CC. The maximum absolute atomic E-state index is 5.42. The number of fused-ring (bicyclic) bond motifs is 2. The van der Waals surface area contributed by atoms with Gasteiger partial charge in [0.05, 0.1) is 16.6 Å². The van der Waals surface area contributed by atoms with E-state index >= 15 is 0 Å². The second kappa shape index (κ2) is 6.29. The Morgan fingerprint density at radius 1 is 1.16 bits per heavy atom. The molecule has 0 radical (unpaired) electrons. The predicted octanol–water partition coefficient (Wildman–Crippen LogP) is 4.97. The molecule has 2 aromatic carbocycles.